The second-order valence-electron chi connectivity index (χ2n) is 4.31. The summed E-state index contributed by atoms with van der Waals surface area (Å²) in [6.45, 7) is 3.65. The minimum atomic E-state index is -1.32. The fraction of sp³-hybridized carbons (Fsp3) is 0.417. The average molecular weight is 254 g/mol. The molecule has 1 aliphatic heterocycles. The molecule has 1 aromatic carbocycles. The van der Waals surface area contributed by atoms with E-state index >= 15 is 0 Å². The number of carbonyl (C=O) groups is 1. The van der Waals surface area contributed by atoms with Crippen LogP contribution in [0.3, 0.4) is 0 Å². The van der Waals surface area contributed by atoms with Crippen molar-refractivity contribution >= 4 is 17.3 Å². The highest BCUT2D eigenvalue weighted by molar-refractivity contribution is 5.91. The molecule has 0 saturated carbocycles. The first-order valence-electron chi connectivity index (χ1n) is 5.67. The largest absolute Gasteiger partial charge is 0.478 e. The standard InChI is InChI=1S/C12H15FN2O3/c1-7-6-18-3-2-15(7)11-5-9(13)8(12(16)17)4-10(11)14/h4-5,7H,2-3,6,14H2,1H3,(H,16,17). The van der Waals surface area contributed by atoms with Crippen LogP contribution < -0.4 is 10.6 Å². The van der Waals surface area contributed by atoms with Crippen molar-refractivity contribution in [1.82, 2.24) is 0 Å². The van der Waals surface area contributed by atoms with Gasteiger partial charge in [0.1, 0.15) is 5.82 Å². The van der Waals surface area contributed by atoms with Gasteiger partial charge in [-0.25, -0.2) is 9.18 Å². The van der Waals surface area contributed by atoms with Gasteiger partial charge < -0.3 is 20.5 Å². The first-order valence-corrected chi connectivity index (χ1v) is 5.67. The molecule has 1 atom stereocenters. The van der Waals surface area contributed by atoms with E-state index in [1.807, 2.05) is 11.8 Å². The quantitative estimate of drug-likeness (QED) is 0.779. The Labute approximate surface area is 104 Å². The van der Waals surface area contributed by atoms with Gasteiger partial charge in [-0.05, 0) is 13.0 Å². The van der Waals surface area contributed by atoms with Crippen molar-refractivity contribution < 1.29 is 19.0 Å². The number of nitrogens with two attached hydrogens (primary N) is 1. The van der Waals surface area contributed by atoms with Crippen molar-refractivity contribution in [1.29, 1.82) is 0 Å². The number of ether oxygens (including phenoxy) is 1. The van der Waals surface area contributed by atoms with Gasteiger partial charge in [-0.15, -0.1) is 0 Å². The van der Waals surface area contributed by atoms with Crippen molar-refractivity contribution in [3.8, 4) is 0 Å². The Balaban J connectivity index is 2.39. The van der Waals surface area contributed by atoms with Crippen LogP contribution in [0, 0.1) is 5.82 Å². The van der Waals surface area contributed by atoms with Crippen LogP contribution in [0.25, 0.3) is 0 Å². The average Bonchev–Trinajstić information content (AvgIpc) is 2.32. The smallest absolute Gasteiger partial charge is 0.338 e. The van der Waals surface area contributed by atoms with Gasteiger partial charge in [0.2, 0.25) is 0 Å². The van der Waals surface area contributed by atoms with Gasteiger partial charge in [0, 0.05) is 18.7 Å². The van der Waals surface area contributed by atoms with Crippen LogP contribution >= 0.6 is 0 Å². The third-order valence-corrected chi connectivity index (χ3v) is 3.02. The monoisotopic (exact) mass is 254 g/mol. The molecule has 0 amide bonds. The number of nitrogen functional groups attached to an aromatic ring is 1. The molecule has 6 heteroatoms. The van der Waals surface area contributed by atoms with Crippen molar-refractivity contribution in [3.05, 3.63) is 23.5 Å². The third kappa shape index (κ3) is 2.24. The number of benzene rings is 1. The van der Waals surface area contributed by atoms with Gasteiger partial charge in [-0.2, -0.15) is 0 Å². The van der Waals surface area contributed by atoms with Gasteiger partial charge >= 0.3 is 5.97 Å². The number of carboxylic acids is 1. The zero-order valence-electron chi connectivity index (χ0n) is 10.0. The fourth-order valence-electron chi connectivity index (χ4n) is 2.08. The van der Waals surface area contributed by atoms with Crippen LogP contribution in [-0.4, -0.2) is 36.9 Å². The number of morpholine rings is 1. The zero-order chi connectivity index (χ0) is 13.3. The van der Waals surface area contributed by atoms with E-state index in [-0.39, 0.29) is 11.7 Å². The Morgan fingerprint density at radius 1 is 1.61 bits per heavy atom. The number of hydrogen-bond acceptors (Lipinski definition) is 4. The van der Waals surface area contributed by atoms with E-state index in [4.69, 9.17) is 15.6 Å². The SMILES string of the molecule is CC1COCCN1c1cc(F)c(C(=O)O)cc1N. The lowest BCUT2D eigenvalue weighted by Gasteiger charge is -2.36. The first kappa shape index (κ1) is 12.6. The van der Waals surface area contributed by atoms with Crippen LogP contribution in [0.4, 0.5) is 15.8 Å². The maximum absolute atomic E-state index is 13.7. The molecule has 1 aromatic rings. The Morgan fingerprint density at radius 2 is 2.33 bits per heavy atom. The van der Waals surface area contributed by atoms with Crippen LogP contribution in [0.2, 0.25) is 0 Å². The summed E-state index contributed by atoms with van der Waals surface area (Å²) >= 11 is 0. The molecule has 1 aliphatic rings. The van der Waals surface area contributed by atoms with Gasteiger partial charge in [-0.3, -0.25) is 0 Å². The van der Waals surface area contributed by atoms with Crippen molar-refractivity contribution in [3.63, 3.8) is 0 Å². The minimum absolute atomic E-state index is 0.0797. The lowest BCUT2D eigenvalue weighted by atomic mass is 10.1. The first-order chi connectivity index (χ1) is 8.50. The maximum Gasteiger partial charge on any atom is 0.338 e. The zero-order valence-corrected chi connectivity index (χ0v) is 10.0. The Kier molecular flexibility index (Phi) is 3.38. The summed E-state index contributed by atoms with van der Waals surface area (Å²) < 4.78 is 19.0. The van der Waals surface area contributed by atoms with Gasteiger partial charge in [-0.1, -0.05) is 0 Å². The van der Waals surface area contributed by atoms with Crippen LogP contribution in [0.5, 0.6) is 0 Å². The molecule has 0 aliphatic carbocycles. The van der Waals surface area contributed by atoms with E-state index in [0.717, 1.165) is 6.07 Å². The number of anilines is 2. The van der Waals surface area contributed by atoms with Gasteiger partial charge in [0.05, 0.1) is 30.2 Å². The molecule has 0 aromatic heterocycles. The summed E-state index contributed by atoms with van der Waals surface area (Å²) in [6, 6.07) is 2.42. The topological polar surface area (TPSA) is 75.8 Å². The number of carboxylic acid groups (broad SMARTS) is 1. The molecule has 1 heterocycles. The molecule has 98 valence electrons. The van der Waals surface area contributed by atoms with Crippen LogP contribution in [-0.2, 0) is 4.74 Å². The molecule has 0 spiro atoms. The highest BCUT2D eigenvalue weighted by Crippen LogP contribution is 2.29. The molecule has 3 N–H and O–H groups in total. The predicted octanol–water partition coefficient (Wildman–Crippen LogP) is 1.33. The normalized spacial score (nSPS) is 19.9. The molecule has 1 saturated heterocycles. The molecular formula is C12H15FN2O3. The van der Waals surface area contributed by atoms with Crippen LogP contribution in [0.15, 0.2) is 12.1 Å². The van der Waals surface area contributed by atoms with Crippen molar-refractivity contribution in [2.45, 2.75) is 13.0 Å². The Morgan fingerprint density at radius 3 is 2.94 bits per heavy atom. The number of halogens is 1. The highest BCUT2D eigenvalue weighted by Gasteiger charge is 2.23. The molecular weight excluding hydrogens is 239 g/mol. The van der Waals surface area contributed by atoms with Crippen molar-refractivity contribution in [2.75, 3.05) is 30.4 Å². The van der Waals surface area contributed by atoms with E-state index in [0.29, 0.717) is 25.4 Å². The van der Waals surface area contributed by atoms with Gasteiger partial charge in [0.15, 0.2) is 0 Å². The lowest BCUT2D eigenvalue weighted by molar-refractivity contribution is 0.0692. The Bertz CT molecular complexity index is 479. The molecule has 0 radical (unpaired) electrons. The molecule has 1 unspecified atom stereocenters. The summed E-state index contributed by atoms with van der Waals surface area (Å²) in [5.41, 5.74) is 6.19. The summed E-state index contributed by atoms with van der Waals surface area (Å²) in [5.74, 6) is -2.09. The molecule has 0 bridgehead atoms. The lowest BCUT2D eigenvalue weighted by Crippen LogP contribution is -2.44. The van der Waals surface area contributed by atoms with E-state index in [9.17, 15) is 9.18 Å². The Hall–Kier alpha value is -1.82. The summed E-state index contributed by atoms with van der Waals surface area (Å²) in [7, 11) is 0. The van der Waals surface area contributed by atoms with E-state index in [2.05, 4.69) is 0 Å². The second kappa shape index (κ2) is 4.81. The summed E-state index contributed by atoms with van der Waals surface area (Å²) in [4.78, 5) is 12.7. The summed E-state index contributed by atoms with van der Waals surface area (Å²) in [6.07, 6.45) is 0. The fourth-order valence-corrected chi connectivity index (χ4v) is 2.08. The maximum atomic E-state index is 13.7. The number of aromatic carboxylic acids is 1. The van der Waals surface area contributed by atoms with Crippen LogP contribution in [0.1, 0.15) is 17.3 Å². The van der Waals surface area contributed by atoms with E-state index < -0.39 is 17.3 Å². The van der Waals surface area contributed by atoms with E-state index in [1.54, 1.807) is 0 Å². The molecule has 1 fully saturated rings. The third-order valence-electron chi connectivity index (χ3n) is 3.02. The molecule has 18 heavy (non-hydrogen) atoms. The molecule has 2 rings (SSSR count). The number of hydrogen-bond donors (Lipinski definition) is 2. The highest BCUT2D eigenvalue weighted by atomic mass is 19.1. The van der Waals surface area contributed by atoms with Crippen molar-refractivity contribution in [2.24, 2.45) is 0 Å². The minimum Gasteiger partial charge on any atom is -0.478 e. The number of nitrogens with zero attached hydrogens (tertiary/aromatic N) is 1. The molecule has 5 nitrogen and oxygen atoms in total. The second-order valence-corrected chi connectivity index (χ2v) is 4.31. The summed E-state index contributed by atoms with van der Waals surface area (Å²) in [5, 5.41) is 8.81. The van der Waals surface area contributed by atoms with E-state index in [1.165, 1.54) is 6.07 Å². The van der Waals surface area contributed by atoms with Gasteiger partial charge in [0.25, 0.3) is 0 Å². The number of rotatable bonds is 2. The predicted molar refractivity (Wildman–Crippen MR) is 65.4 cm³/mol.